The van der Waals surface area contributed by atoms with Gasteiger partial charge >= 0.3 is 47.8 Å². The average molecular weight is 1670 g/mol. The predicted octanol–water partition coefficient (Wildman–Crippen LogP) is 15.6. The third kappa shape index (κ3) is 69.8. The standard InChI is InChI=1S/C19H38N2O3.2C19H37NO4.C18H36N2O3.C17H33NO4/c1-9-19(6,17(23)24-14-18(3,4)5)13-15(2)16(22)20-11-10-12-21(7)8;1-9-15(17(22)24-13-18(3,4)5)12-14(2)16(21)23-11-10-20-19(6,7)8;1-8-16(18(22)24-14-19(5,6)7)13-15(4)17(21)23-12-11-20(9-2)10-3;1-8-15(17(22)23-13-18(3,4)5)12-14(2)16(21)19-10-9-11-20(6)7;1-8-14(16(20)22-12-17(3,4)5)11-13(2)15(19)21-10-9-18(6)7/h15H,9-14H2,1-8H3,(H,20,22);14-15,20H,9-13H2,1-8H3;15-16H,8-14H2,1-7H3;14-15H,8-13H2,1-7H3,(H,19,21);13-14H,8-12H2,1-7H3. The second kappa shape index (κ2) is 62.6. The number of amides is 2. The smallest absolute Gasteiger partial charge is 0.311 e. The molecule has 0 aliphatic heterocycles. The van der Waals surface area contributed by atoms with Gasteiger partial charge in [-0.25, -0.2) is 0 Å². The molecule has 2 amide bonds. The molecule has 3 N–H and O–H groups in total. The normalized spacial score (nSPS) is 14.8. The minimum absolute atomic E-state index is 0.00213. The first-order chi connectivity index (χ1) is 53.5. The van der Waals surface area contributed by atoms with Crippen LogP contribution < -0.4 is 16.0 Å². The molecule has 0 saturated heterocycles. The maximum Gasteiger partial charge on any atom is 0.311 e. The Morgan fingerprint density at radius 1 is 0.316 bits per heavy atom. The van der Waals surface area contributed by atoms with E-state index in [0.717, 1.165) is 45.6 Å². The van der Waals surface area contributed by atoms with Crippen molar-refractivity contribution in [3.63, 3.8) is 0 Å². The molecule has 10 atom stereocenters. The fourth-order valence-electron chi connectivity index (χ4n) is 10.8. The van der Waals surface area contributed by atoms with Crippen molar-refractivity contribution in [1.29, 1.82) is 0 Å². The van der Waals surface area contributed by atoms with Crippen molar-refractivity contribution in [2.45, 2.75) is 297 Å². The predicted molar refractivity (Wildman–Crippen MR) is 474 cm³/mol. The van der Waals surface area contributed by atoms with E-state index < -0.39 is 5.41 Å². The van der Waals surface area contributed by atoms with Gasteiger partial charge in [-0.2, -0.15) is 0 Å². The molecule has 0 aromatic rings. The number of hydrogen-bond acceptors (Lipinski definition) is 23. The van der Waals surface area contributed by atoms with Crippen LogP contribution in [-0.2, 0) is 85.8 Å². The maximum absolute atomic E-state index is 12.5. The summed E-state index contributed by atoms with van der Waals surface area (Å²) in [6, 6.07) is 0. The summed E-state index contributed by atoms with van der Waals surface area (Å²) in [5.41, 5.74) is -0.872. The summed E-state index contributed by atoms with van der Waals surface area (Å²) >= 11 is 0. The van der Waals surface area contributed by atoms with Crippen molar-refractivity contribution in [2.24, 2.45) is 85.8 Å². The van der Waals surface area contributed by atoms with E-state index in [1.54, 1.807) is 13.8 Å². The van der Waals surface area contributed by atoms with Gasteiger partial charge in [-0.05, 0) is 200 Å². The number of nitrogens with zero attached hydrogens (tertiary/aromatic N) is 4. The molecule has 117 heavy (non-hydrogen) atoms. The summed E-state index contributed by atoms with van der Waals surface area (Å²) < 4.78 is 42.8. The van der Waals surface area contributed by atoms with E-state index in [0.29, 0.717) is 143 Å². The highest BCUT2D eigenvalue weighted by Crippen LogP contribution is 2.33. The third-order valence-electron chi connectivity index (χ3n) is 18.7. The molecule has 0 aromatic heterocycles. The molecule has 0 aliphatic rings. The van der Waals surface area contributed by atoms with Gasteiger partial charge in [-0.3, -0.25) is 47.9 Å². The van der Waals surface area contributed by atoms with Crippen molar-refractivity contribution in [2.75, 3.05) is 154 Å². The topological polar surface area (TPSA) is 294 Å². The number of carbonyl (C=O) groups is 10. The van der Waals surface area contributed by atoms with Crippen LogP contribution in [0, 0.1) is 85.8 Å². The van der Waals surface area contributed by atoms with E-state index in [9.17, 15) is 47.9 Å². The van der Waals surface area contributed by atoms with Crippen molar-refractivity contribution in [3.8, 4) is 0 Å². The first kappa shape index (κ1) is 120. The van der Waals surface area contributed by atoms with Crippen molar-refractivity contribution in [1.82, 2.24) is 35.6 Å². The molecular weight excluding hydrogens is 1490 g/mol. The second-order valence-corrected chi connectivity index (χ2v) is 40.2. The van der Waals surface area contributed by atoms with Crippen molar-refractivity contribution in [3.05, 3.63) is 0 Å². The van der Waals surface area contributed by atoms with E-state index >= 15 is 0 Å². The number of likely N-dealkylation sites (N-methyl/N-ethyl adjacent to an activating group) is 2. The largest absolute Gasteiger partial charge is 0.465 e. The van der Waals surface area contributed by atoms with Crippen LogP contribution in [-0.4, -0.2) is 239 Å². The number of carbonyl (C=O) groups excluding carboxylic acids is 10. The van der Waals surface area contributed by atoms with Gasteiger partial charge in [-0.15, -0.1) is 0 Å². The van der Waals surface area contributed by atoms with E-state index in [-0.39, 0.29) is 145 Å². The highest BCUT2D eigenvalue weighted by Gasteiger charge is 2.38. The zero-order valence-corrected chi connectivity index (χ0v) is 81.8. The van der Waals surface area contributed by atoms with E-state index in [1.807, 2.05) is 213 Å². The monoisotopic (exact) mass is 1670 g/mol. The fraction of sp³-hybridized carbons (Fsp3) is 0.891. The molecule has 25 heteroatoms. The molecule has 0 bridgehead atoms. The lowest BCUT2D eigenvalue weighted by Gasteiger charge is -2.30. The lowest BCUT2D eigenvalue weighted by molar-refractivity contribution is -0.160. The van der Waals surface area contributed by atoms with Gasteiger partial charge < -0.3 is 73.4 Å². The summed E-state index contributed by atoms with van der Waals surface area (Å²) in [6.07, 6.45) is 7.65. The number of rotatable bonds is 49. The number of hydrogen-bond donors (Lipinski definition) is 3. The quantitative estimate of drug-likeness (QED) is 0.0290. The Labute approximate surface area is 714 Å². The maximum atomic E-state index is 12.5. The molecule has 0 radical (unpaired) electrons. The summed E-state index contributed by atoms with van der Waals surface area (Å²) in [5, 5.41) is 9.17. The second-order valence-electron chi connectivity index (χ2n) is 40.2. The zero-order chi connectivity index (χ0) is 92.1. The van der Waals surface area contributed by atoms with Crippen molar-refractivity contribution >= 4 is 59.6 Å². The Hall–Kier alpha value is -5.50. The fourth-order valence-corrected chi connectivity index (χ4v) is 10.8. The Morgan fingerprint density at radius 3 is 0.855 bits per heavy atom. The minimum atomic E-state index is -0.619. The molecule has 0 saturated carbocycles. The van der Waals surface area contributed by atoms with E-state index in [2.05, 4.69) is 65.3 Å². The first-order valence-corrected chi connectivity index (χ1v) is 43.8. The van der Waals surface area contributed by atoms with E-state index in [4.69, 9.17) is 37.9 Å². The molecule has 0 rings (SSSR count). The van der Waals surface area contributed by atoms with Crippen LogP contribution >= 0.6 is 0 Å². The minimum Gasteiger partial charge on any atom is -0.465 e. The number of nitrogens with one attached hydrogen (secondary N) is 3. The first-order valence-electron chi connectivity index (χ1n) is 43.8. The Bertz CT molecular complexity index is 2720. The van der Waals surface area contributed by atoms with Crippen LogP contribution in [0.4, 0.5) is 0 Å². The highest BCUT2D eigenvalue weighted by molar-refractivity contribution is 5.82. The summed E-state index contributed by atoms with van der Waals surface area (Å²) in [6.45, 7) is 71.9. The van der Waals surface area contributed by atoms with Gasteiger partial charge in [0.15, 0.2) is 0 Å². The molecule has 0 fully saturated rings. The Balaban J connectivity index is -0.000000447. The number of ether oxygens (including phenoxy) is 8. The third-order valence-corrected chi connectivity index (χ3v) is 18.7. The SMILES string of the molecule is CCC(C)(CC(C)C(=O)NCCCN(C)C)C(=O)OCC(C)(C)C.CCC(CC(C)C(=O)NCCCN(C)C)C(=O)OCC(C)(C)C.CCC(CC(C)C(=O)OCCN(C)C)C(=O)OCC(C)(C)C.CCC(CC(C)C(=O)OCCN(CC)CC)C(=O)OCC(C)(C)C.CCC(CC(C)C(=O)OCCNC(C)(C)C)C(=O)OCC(C)(C)C. The lowest BCUT2D eigenvalue weighted by Crippen LogP contribution is -2.38. The molecule has 0 aliphatic carbocycles. The molecule has 692 valence electrons. The molecule has 0 spiro atoms. The summed E-state index contributed by atoms with van der Waals surface area (Å²) in [7, 11) is 11.9. The molecular formula is C92H181N7O18. The van der Waals surface area contributed by atoms with Crippen LogP contribution in [0.1, 0.15) is 292 Å². The van der Waals surface area contributed by atoms with Gasteiger partial charge in [0, 0.05) is 50.1 Å². The van der Waals surface area contributed by atoms with Crippen LogP contribution in [0.3, 0.4) is 0 Å². The summed E-state index contributed by atoms with van der Waals surface area (Å²) in [4.78, 5) is 130. The van der Waals surface area contributed by atoms with Gasteiger partial charge in [0.25, 0.3) is 0 Å². The van der Waals surface area contributed by atoms with Crippen molar-refractivity contribution < 1.29 is 85.8 Å². The van der Waals surface area contributed by atoms with Crippen LogP contribution in [0.25, 0.3) is 0 Å². The highest BCUT2D eigenvalue weighted by atomic mass is 16.6. The van der Waals surface area contributed by atoms with E-state index in [1.165, 1.54) is 0 Å². The molecule has 0 heterocycles. The van der Waals surface area contributed by atoms with Crippen LogP contribution in [0.2, 0.25) is 0 Å². The summed E-state index contributed by atoms with van der Waals surface area (Å²) in [5.74, 6) is -4.01. The Morgan fingerprint density at radius 2 is 0.590 bits per heavy atom. The van der Waals surface area contributed by atoms with Gasteiger partial charge in [0.1, 0.15) is 19.8 Å². The zero-order valence-electron chi connectivity index (χ0n) is 81.8. The van der Waals surface area contributed by atoms with Gasteiger partial charge in [0.05, 0.1) is 79.9 Å². The van der Waals surface area contributed by atoms with Gasteiger partial charge in [0.2, 0.25) is 11.8 Å². The Kier molecular flexibility index (Phi) is 64.2. The average Bonchev–Trinajstić information content (AvgIpc) is 0.844. The molecule has 0 aromatic carbocycles. The molecule has 25 nitrogen and oxygen atoms in total. The van der Waals surface area contributed by atoms with Gasteiger partial charge in [-0.1, -0.05) is 187 Å². The number of esters is 8. The molecule has 10 unspecified atom stereocenters. The van der Waals surface area contributed by atoms with Crippen LogP contribution in [0.15, 0.2) is 0 Å². The van der Waals surface area contributed by atoms with Crippen LogP contribution in [0.5, 0.6) is 0 Å². The lowest BCUT2D eigenvalue weighted by atomic mass is 9.79.